The molecule has 3 heteroatoms. The Hall–Kier alpha value is -2.13. The van der Waals surface area contributed by atoms with E-state index in [-0.39, 0.29) is 5.41 Å². The highest BCUT2D eigenvalue weighted by Gasteiger charge is 2.13. The van der Waals surface area contributed by atoms with E-state index < -0.39 is 0 Å². The second kappa shape index (κ2) is 5.01. The SMILES string of the molecule is CC(C)(C)c1ccc(-c2cn3ccc(CN)cc3n2)cc1. The van der Waals surface area contributed by atoms with Crippen LogP contribution in [0.2, 0.25) is 0 Å². The molecule has 0 amide bonds. The van der Waals surface area contributed by atoms with Gasteiger partial charge in [0.2, 0.25) is 0 Å². The van der Waals surface area contributed by atoms with E-state index in [0.717, 1.165) is 22.5 Å². The third-order valence-electron chi connectivity index (χ3n) is 3.81. The maximum atomic E-state index is 5.68. The number of rotatable bonds is 2. The summed E-state index contributed by atoms with van der Waals surface area (Å²) in [6.07, 6.45) is 4.07. The summed E-state index contributed by atoms with van der Waals surface area (Å²) >= 11 is 0. The van der Waals surface area contributed by atoms with E-state index in [0.29, 0.717) is 6.54 Å². The first-order chi connectivity index (χ1) is 9.97. The van der Waals surface area contributed by atoms with Crippen LogP contribution in [0.4, 0.5) is 0 Å². The van der Waals surface area contributed by atoms with E-state index in [1.807, 2.05) is 22.7 Å². The molecule has 0 unspecified atom stereocenters. The lowest BCUT2D eigenvalue weighted by atomic mass is 9.86. The highest BCUT2D eigenvalue weighted by Crippen LogP contribution is 2.26. The second-order valence-corrected chi connectivity index (χ2v) is 6.46. The molecule has 3 rings (SSSR count). The van der Waals surface area contributed by atoms with E-state index in [2.05, 4.69) is 51.2 Å². The first kappa shape index (κ1) is 13.8. The van der Waals surface area contributed by atoms with Gasteiger partial charge in [-0.1, -0.05) is 45.0 Å². The molecule has 2 N–H and O–H groups in total. The lowest BCUT2D eigenvalue weighted by molar-refractivity contribution is 0.590. The molecule has 2 aromatic heterocycles. The Kier molecular flexibility index (Phi) is 3.30. The fraction of sp³-hybridized carbons (Fsp3) is 0.278. The number of aromatic nitrogens is 2. The molecule has 0 aliphatic rings. The van der Waals surface area contributed by atoms with Crippen molar-refractivity contribution in [2.75, 3.05) is 0 Å². The predicted octanol–water partition coefficient (Wildman–Crippen LogP) is 3.76. The summed E-state index contributed by atoms with van der Waals surface area (Å²) < 4.78 is 2.03. The molecule has 3 nitrogen and oxygen atoms in total. The molecule has 0 saturated heterocycles. The molecular formula is C18H21N3. The molecule has 21 heavy (non-hydrogen) atoms. The minimum Gasteiger partial charge on any atom is -0.326 e. The minimum atomic E-state index is 0.174. The number of fused-ring (bicyclic) bond motifs is 1. The molecule has 0 aliphatic carbocycles. The predicted molar refractivity (Wildman–Crippen MR) is 87.2 cm³/mol. The van der Waals surface area contributed by atoms with Gasteiger partial charge in [-0.2, -0.15) is 0 Å². The standard InChI is InChI=1S/C18H21N3/c1-18(2,3)15-6-4-14(5-7-15)16-12-21-9-8-13(11-19)10-17(21)20-16/h4-10,12H,11,19H2,1-3H3. The number of nitrogens with two attached hydrogens (primary N) is 1. The molecule has 0 atom stereocenters. The van der Waals surface area contributed by atoms with Gasteiger partial charge in [0.05, 0.1) is 5.69 Å². The molecular weight excluding hydrogens is 258 g/mol. The van der Waals surface area contributed by atoms with Crippen LogP contribution in [-0.4, -0.2) is 9.38 Å². The molecule has 2 heterocycles. The third-order valence-corrected chi connectivity index (χ3v) is 3.81. The van der Waals surface area contributed by atoms with Crippen LogP contribution in [0.25, 0.3) is 16.9 Å². The van der Waals surface area contributed by atoms with Crippen LogP contribution in [-0.2, 0) is 12.0 Å². The Morgan fingerprint density at radius 2 is 1.81 bits per heavy atom. The summed E-state index contributed by atoms with van der Waals surface area (Å²) in [6.45, 7) is 7.21. The van der Waals surface area contributed by atoms with E-state index in [1.54, 1.807) is 0 Å². The van der Waals surface area contributed by atoms with Crippen LogP contribution in [0.15, 0.2) is 48.8 Å². The zero-order chi connectivity index (χ0) is 15.0. The van der Waals surface area contributed by atoms with Gasteiger partial charge in [0, 0.05) is 24.5 Å². The van der Waals surface area contributed by atoms with E-state index >= 15 is 0 Å². The highest BCUT2D eigenvalue weighted by atomic mass is 15.0. The molecule has 3 aromatic rings. The van der Waals surface area contributed by atoms with Gasteiger partial charge in [-0.05, 0) is 28.7 Å². The first-order valence-electron chi connectivity index (χ1n) is 7.26. The number of imidazole rings is 1. The lowest BCUT2D eigenvalue weighted by Gasteiger charge is -2.18. The van der Waals surface area contributed by atoms with Gasteiger partial charge in [0.1, 0.15) is 5.65 Å². The Bertz CT molecular complexity index is 761. The van der Waals surface area contributed by atoms with Crippen molar-refractivity contribution in [3.8, 4) is 11.3 Å². The van der Waals surface area contributed by atoms with Crippen molar-refractivity contribution in [2.24, 2.45) is 5.73 Å². The van der Waals surface area contributed by atoms with Crippen molar-refractivity contribution in [3.63, 3.8) is 0 Å². The van der Waals surface area contributed by atoms with Crippen molar-refractivity contribution in [2.45, 2.75) is 32.7 Å². The van der Waals surface area contributed by atoms with E-state index in [9.17, 15) is 0 Å². The maximum absolute atomic E-state index is 5.68. The Balaban J connectivity index is 2.00. The van der Waals surface area contributed by atoms with Gasteiger partial charge >= 0.3 is 0 Å². The molecule has 0 bridgehead atoms. The van der Waals surface area contributed by atoms with Gasteiger partial charge in [-0.3, -0.25) is 0 Å². The molecule has 1 aromatic carbocycles. The average Bonchev–Trinajstić information content (AvgIpc) is 2.89. The average molecular weight is 279 g/mol. The zero-order valence-electron chi connectivity index (χ0n) is 12.8. The molecule has 108 valence electrons. The first-order valence-corrected chi connectivity index (χ1v) is 7.26. The van der Waals surface area contributed by atoms with Gasteiger partial charge < -0.3 is 10.1 Å². The number of nitrogens with zero attached hydrogens (tertiary/aromatic N) is 2. The smallest absolute Gasteiger partial charge is 0.137 e. The van der Waals surface area contributed by atoms with Gasteiger partial charge in [0.25, 0.3) is 0 Å². The van der Waals surface area contributed by atoms with Gasteiger partial charge in [-0.25, -0.2) is 4.98 Å². The largest absolute Gasteiger partial charge is 0.326 e. The molecule has 0 spiro atoms. The molecule has 0 radical (unpaired) electrons. The zero-order valence-corrected chi connectivity index (χ0v) is 12.8. The third kappa shape index (κ3) is 2.69. The quantitative estimate of drug-likeness (QED) is 0.776. The summed E-state index contributed by atoms with van der Waals surface area (Å²) in [6, 6.07) is 12.7. The van der Waals surface area contributed by atoms with Crippen LogP contribution in [0.3, 0.4) is 0 Å². The summed E-state index contributed by atoms with van der Waals surface area (Å²) in [5, 5.41) is 0. The van der Waals surface area contributed by atoms with Gasteiger partial charge in [-0.15, -0.1) is 0 Å². The Labute approximate surface area is 125 Å². The van der Waals surface area contributed by atoms with Crippen LogP contribution in [0.5, 0.6) is 0 Å². The number of hydrogen-bond donors (Lipinski definition) is 1. The minimum absolute atomic E-state index is 0.174. The number of hydrogen-bond acceptors (Lipinski definition) is 2. The van der Waals surface area contributed by atoms with Crippen molar-refractivity contribution in [1.29, 1.82) is 0 Å². The highest BCUT2D eigenvalue weighted by molar-refractivity contribution is 5.63. The van der Waals surface area contributed by atoms with Crippen molar-refractivity contribution in [1.82, 2.24) is 9.38 Å². The van der Waals surface area contributed by atoms with Crippen LogP contribution in [0.1, 0.15) is 31.9 Å². The lowest BCUT2D eigenvalue weighted by Crippen LogP contribution is -2.10. The molecule has 0 saturated carbocycles. The number of benzene rings is 1. The second-order valence-electron chi connectivity index (χ2n) is 6.46. The van der Waals surface area contributed by atoms with E-state index in [1.165, 1.54) is 5.56 Å². The van der Waals surface area contributed by atoms with Crippen molar-refractivity contribution < 1.29 is 0 Å². The molecule has 0 aliphatic heterocycles. The fourth-order valence-electron chi connectivity index (χ4n) is 2.43. The number of pyridine rings is 1. The van der Waals surface area contributed by atoms with Crippen molar-refractivity contribution in [3.05, 3.63) is 59.9 Å². The molecule has 0 fully saturated rings. The Morgan fingerprint density at radius 3 is 2.43 bits per heavy atom. The van der Waals surface area contributed by atoms with E-state index in [4.69, 9.17) is 10.7 Å². The van der Waals surface area contributed by atoms with Crippen LogP contribution >= 0.6 is 0 Å². The summed E-state index contributed by atoms with van der Waals surface area (Å²) in [7, 11) is 0. The van der Waals surface area contributed by atoms with Crippen LogP contribution in [0, 0.1) is 0 Å². The summed E-state index contributed by atoms with van der Waals surface area (Å²) in [4.78, 5) is 4.69. The van der Waals surface area contributed by atoms with Gasteiger partial charge in [0.15, 0.2) is 0 Å². The topological polar surface area (TPSA) is 43.3 Å². The normalized spacial score (nSPS) is 12.0. The maximum Gasteiger partial charge on any atom is 0.137 e. The van der Waals surface area contributed by atoms with Crippen LogP contribution < -0.4 is 5.73 Å². The Morgan fingerprint density at radius 1 is 1.10 bits per heavy atom. The summed E-state index contributed by atoms with van der Waals surface area (Å²) in [5.74, 6) is 0. The monoisotopic (exact) mass is 279 g/mol. The summed E-state index contributed by atoms with van der Waals surface area (Å²) in [5.41, 5.74) is 11.4. The van der Waals surface area contributed by atoms with Crippen molar-refractivity contribution >= 4 is 5.65 Å². The fourth-order valence-corrected chi connectivity index (χ4v) is 2.43.